The summed E-state index contributed by atoms with van der Waals surface area (Å²) < 4.78 is 27.4. The number of benzene rings is 1. The minimum Gasteiger partial charge on any atom is -0.361 e. The van der Waals surface area contributed by atoms with Crippen molar-refractivity contribution in [2.24, 2.45) is 0 Å². The van der Waals surface area contributed by atoms with Crippen LogP contribution in [0.4, 0.5) is 0 Å². The number of rotatable bonds is 8. The van der Waals surface area contributed by atoms with Gasteiger partial charge in [-0.2, -0.15) is 0 Å². The highest BCUT2D eigenvalue weighted by molar-refractivity contribution is 7.89. The van der Waals surface area contributed by atoms with Gasteiger partial charge in [-0.25, -0.2) is 12.7 Å². The van der Waals surface area contributed by atoms with Gasteiger partial charge in [0.2, 0.25) is 10.0 Å². The molecule has 0 radical (unpaired) electrons. The van der Waals surface area contributed by atoms with Gasteiger partial charge in [-0.3, -0.25) is 0 Å². The van der Waals surface area contributed by atoms with E-state index in [4.69, 9.17) is 0 Å². The molecule has 0 bridgehead atoms. The van der Waals surface area contributed by atoms with Gasteiger partial charge in [-0.1, -0.05) is 25.0 Å². The maximum absolute atomic E-state index is 12.9. The number of thiophene rings is 1. The van der Waals surface area contributed by atoms with Gasteiger partial charge in [0.1, 0.15) is 0 Å². The Morgan fingerprint density at radius 3 is 2.66 bits per heavy atom. The fraction of sp³-hybridized carbons (Fsp3) is 0.520. The molecule has 1 aliphatic carbocycles. The quantitative estimate of drug-likeness (QED) is 0.437. The molecule has 1 aliphatic heterocycles. The van der Waals surface area contributed by atoms with Crippen molar-refractivity contribution in [2.75, 3.05) is 25.4 Å². The summed E-state index contributed by atoms with van der Waals surface area (Å²) in [6.07, 6.45) is 9.68. The first kappa shape index (κ1) is 22.1. The van der Waals surface area contributed by atoms with Crippen LogP contribution < -0.4 is 5.32 Å². The van der Waals surface area contributed by atoms with E-state index in [0.717, 1.165) is 24.9 Å². The van der Waals surface area contributed by atoms with Crippen molar-refractivity contribution in [3.05, 3.63) is 47.5 Å². The zero-order chi connectivity index (χ0) is 22.0. The second kappa shape index (κ2) is 9.67. The third-order valence-corrected chi connectivity index (χ3v) is 10.0. The molecule has 1 saturated heterocycles. The van der Waals surface area contributed by atoms with Gasteiger partial charge in [0.15, 0.2) is 0 Å². The van der Waals surface area contributed by atoms with E-state index in [1.54, 1.807) is 15.6 Å². The van der Waals surface area contributed by atoms with Crippen LogP contribution in [-0.4, -0.2) is 49.1 Å². The monoisotopic (exact) mass is 471 g/mol. The maximum atomic E-state index is 12.9. The minimum absolute atomic E-state index is 0.259. The molecule has 5 nitrogen and oxygen atoms in total. The van der Waals surface area contributed by atoms with E-state index in [-0.39, 0.29) is 5.75 Å². The van der Waals surface area contributed by atoms with E-state index >= 15 is 0 Å². The summed E-state index contributed by atoms with van der Waals surface area (Å²) in [5.74, 6) is 0.659. The standard InChI is InChI=1S/C25H33N3O2S2/c29-32(30,16-4-12-26-21-5-1-2-6-21)28-13-10-19(11-14-28)23-18-27-24-9-8-20(17-22(23)24)25-7-3-15-31-25/h3,7-9,15,17-19,21,26-27H,1-2,4-6,10-14,16H2. The summed E-state index contributed by atoms with van der Waals surface area (Å²) in [6.45, 7) is 2.06. The van der Waals surface area contributed by atoms with Gasteiger partial charge < -0.3 is 10.3 Å². The zero-order valence-electron chi connectivity index (χ0n) is 18.6. The second-order valence-electron chi connectivity index (χ2n) is 9.26. The van der Waals surface area contributed by atoms with Gasteiger partial charge in [-0.05, 0) is 79.3 Å². The molecule has 0 amide bonds. The smallest absolute Gasteiger partial charge is 0.214 e. The Hall–Kier alpha value is -1.67. The Balaban J connectivity index is 1.19. The molecule has 0 spiro atoms. The highest BCUT2D eigenvalue weighted by Crippen LogP contribution is 2.36. The van der Waals surface area contributed by atoms with Crippen molar-refractivity contribution < 1.29 is 8.42 Å². The highest BCUT2D eigenvalue weighted by Gasteiger charge is 2.29. The Morgan fingerprint density at radius 1 is 1.09 bits per heavy atom. The fourth-order valence-corrected chi connectivity index (χ4v) is 7.60. The summed E-state index contributed by atoms with van der Waals surface area (Å²) in [5, 5.41) is 6.91. The number of sulfonamides is 1. The molecular formula is C25H33N3O2S2. The molecule has 2 fully saturated rings. The number of hydrogen-bond acceptors (Lipinski definition) is 4. The molecule has 3 aromatic rings. The lowest BCUT2D eigenvalue weighted by Crippen LogP contribution is -2.40. The zero-order valence-corrected chi connectivity index (χ0v) is 20.2. The molecule has 7 heteroatoms. The molecule has 0 unspecified atom stereocenters. The molecule has 1 aromatic carbocycles. The largest absolute Gasteiger partial charge is 0.361 e. The fourth-order valence-electron chi connectivity index (χ4n) is 5.34. The Labute approximate surface area is 195 Å². The summed E-state index contributed by atoms with van der Waals surface area (Å²) in [5.41, 5.74) is 3.74. The van der Waals surface area contributed by atoms with Crippen molar-refractivity contribution in [3.8, 4) is 10.4 Å². The van der Waals surface area contributed by atoms with Crippen LogP contribution in [-0.2, 0) is 10.0 Å². The predicted molar refractivity (Wildman–Crippen MR) is 134 cm³/mol. The van der Waals surface area contributed by atoms with Crippen molar-refractivity contribution in [1.82, 2.24) is 14.6 Å². The van der Waals surface area contributed by atoms with Gasteiger partial charge >= 0.3 is 0 Å². The lowest BCUT2D eigenvalue weighted by molar-refractivity contribution is 0.320. The number of H-pyrrole nitrogens is 1. The molecular weight excluding hydrogens is 438 g/mol. The van der Waals surface area contributed by atoms with E-state index in [2.05, 4.69) is 52.2 Å². The molecule has 2 N–H and O–H groups in total. The van der Waals surface area contributed by atoms with Crippen LogP contribution in [0.5, 0.6) is 0 Å². The van der Waals surface area contributed by atoms with E-state index < -0.39 is 10.0 Å². The van der Waals surface area contributed by atoms with Crippen molar-refractivity contribution >= 4 is 32.3 Å². The average Bonchev–Trinajstić information content (AvgIpc) is 3.58. The summed E-state index contributed by atoms with van der Waals surface area (Å²) in [7, 11) is -3.16. The summed E-state index contributed by atoms with van der Waals surface area (Å²) in [4.78, 5) is 4.70. The molecule has 3 heterocycles. The predicted octanol–water partition coefficient (Wildman–Crippen LogP) is 5.33. The summed E-state index contributed by atoms with van der Waals surface area (Å²) >= 11 is 1.76. The molecule has 5 rings (SSSR count). The highest BCUT2D eigenvalue weighted by atomic mass is 32.2. The van der Waals surface area contributed by atoms with Crippen LogP contribution in [0, 0.1) is 0 Å². The number of hydrogen-bond donors (Lipinski definition) is 2. The van der Waals surface area contributed by atoms with Gasteiger partial charge in [-0.15, -0.1) is 11.3 Å². The molecule has 2 aliphatic rings. The summed E-state index contributed by atoms with van der Waals surface area (Å²) in [6, 6.07) is 11.5. The molecule has 2 aromatic heterocycles. The first-order valence-corrected chi connectivity index (χ1v) is 14.5. The first-order valence-electron chi connectivity index (χ1n) is 12.0. The normalized spacial score (nSPS) is 19.2. The SMILES string of the molecule is O=S(=O)(CCCNC1CCCC1)N1CCC(c2c[nH]c3ccc(-c4cccs4)cc23)CC1. The number of aromatic nitrogens is 1. The van der Waals surface area contributed by atoms with Crippen molar-refractivity contribution in [2.45, 2.75) is 56.9 Å². The average molecular weight is 472 g/mol. The number of aromatic amines is 1. The third kappa shape index (κ3) is 4.81. The lowest BCUT2D eigenvalue weighted by atomic mass is 9.89. The van der Waals surface area contributed by atoms with Gasteiger partial charge in [0.05, 0.1) is 5.75 Å². The van der Waals surface area contributed by atoms with Crippen molar-refractivity contribution in [3.63, 3.8) is 0 Å². The molecule has 1 saturated carbocycles. The van der Waals surface area contributed by atoms with Crippen LogP contribution in [0.2, 0.25) is 0 Å². The number of piperidine rings is 1. The van der Waals surface area contributed by atoms with Crippen molar-refractivity contribution in [1.29, 1.82) is 0 Å². The van der Waals surface area contributed by atoms with Crippen LogP contribution >= 0.6 is 11.3 Å². The van der Waals surface area contributed by atoms with Gasteiger partial charge in [0.25, 0.3) is 0 Å². The van der Waals surface area contributed by atoms with E-state index in [1.807, 2.05) is 0 Å². The Bertz CT molecular complexity index is 1120. The van der Waals surface area contributed by atoms with E-state index in [9.17, 15) is 8.42 Å². The lowest BCUT2D eigenvalue weighted by Gasteiger charge is -2.31. The van der Waals surface area contributed by atoms with E-state index in [1.165, 1.54) is 47.1 Å². The Morgan fingerprint density at radius 2 is 1.91 bits per heavy atom. The van der Waals surface area contributed by atoms with Crippen LogP contribution in [0.15, 0.2) is 41.9 Å². The maximum Gasteiger partial charge on any atom is 0.214 e. The molecule has 172 valence electrons. The Kier molecular flexibility index (Phi) is 6.69. The number of nitrogens with one attached hydrogen (secondary N) is 2. The van der Waals surface area contributed by atoms with Crippen LogP contribution in [0.25, 0.3) is 21.3 Å². The van der Waals surface area contributed by atoms with Crippen LogP contribution in [0.3, 0.4) is 0 Å². The number of nitrogens with zero attached hydrogens (tertiary/aromatic N) is 1. The number of fused-ring (bicyclic) bond motifs is 1. The molecule has 32 heavy (non-hydrogen) atoms. The minimum atomic E-state index is -3.16. The second-order valence-corrected chi connectivity index (χ2v) is 12.3. The van der Waals surface area contributed by atoms with E-state index in [0.29, 0.717) is 31.5 Å². The van der Waals surface area contributed by atoms with Crippen LogP contribution in [0.1, 0.15) is 56.4 Å². The topological polar surface area (TPSA) is 65.2 Å². The third-order valence-electron chi connectivity index (χ3n) is 7.17. The molecule has 0 atom stereocenters. The van der Waals surface area contributed by atoms with Gasteiger partial charge in [0, 0.05) is 41.1 Å². The first-order chi connectivity index (χ1) is 15.6.